The molecule has 0 aliphatic carbocycles. The molecule has 9 heteroatoms. The number of primary sulfonamides is 1. The van der Waals surface area contributed by atoms with Crippen molar-refractivity contribution < 1.29 is 22.7 Å². The highest BCUT2D eigenvalue weighted by Gasteiger charge is 2.36. The summed E-state index contributed by atoms with van der Waals surface area (Å²) in [5.41, 5.74) is 0.885. The fraction of sp³-hybridized carbons (Fsp3) is 0.529. The van der Waals surface area contributed by atoms with Gasteiger partial charge in [-0.1, -0.05) is 12.1 Å². The Balaban J connectivity index is 1.81. The van der Waals surface area contributed by atoms with Gasteiger partial charge in [-0.25, -0.2) is 13.6 Å². The number of sulfonamides is 1. The van der Waals surface area contributed by atoms with E-state index in [4.69, 9.17) is 9.88 Å². The molecule has 0 aromatic heterocycles. The molecule has 0 spiro atoms. The lowest BCUT2D eigenvalue weighted by molar-refractivity contribution is -0.130. The van der Waals surface area contributed by atoms with Crippen molar-refractivity contribution in [3.05, 3.63) is 29.8 Å². The van der Waals surface area contributed by atoms with Crippen molar-refractivity contribution in [2.75, 3.05) is 26.8 Å². The van der Waals surface area contributed by atoms with Crippen molar-refractivity contribution >= 4 is 21.8 Å². The average Bonchev–Trinajstić information content (AvgIpc) is 2.97. The molecular weight excluding hydrogens is 358 g/mol. The molecule has 1 aliphatic heterocycles. The number of carbonyl (C=O) groups excluding carboxylic acids is 2. The van der Waals surface area contributed by atoms with E-state index < -0.39 is 10.0 Å². The molecule has 0 saturated carbocycles. The van der Waals surface area contributed by atoms with E-state index in [9.17, 15) is 18.0 Å². The number of hydrogen-bond donors (Lipinski definition) is 2. The summed E-state index contributed by atoms with van der Waals surface area (Å²) < 4.78 is 27.5. The molecular formula is C17H25N3O5S. The zero-order valence-electron chi connectivity index (χ0n) is 15.0. The minimum atomic E-state index is -3.70. The Morgan fingerprint density at radius 2 is 2.04 bits per heavy atom. The molecule has 0 radical (unpaired) electrons. The first-order chi connectivity index (χ1) is 12.2. The monoisotopic (exact) mass is 383 g/mol. The zero-order valence-corrected chi connectivity index (χ0v) is 15.8. The van der Waals surface area contributed by atoms with Crippen LogP contribution in [0.1, 0.15) is 18.9 Å². The second kappa shape index (κ2) is 8.61. The lowest BCUT2D eigenvalue weighted by Gasteiger charge is -2.23. The van der Waals surface area contributed by atoms with Gasteiger partial charge >= 0.3 is 0 Å². The van der Waals surface area contributed by atoms with Crippen LogP contribution in [0, 0.1) is 5.92 Å². The summed E-state index contributed by atoms with van der Waals surface area (Å²) in [5.74, 6) is -0.536. The molecule has 1 aromatic rings. The van der Waals surface area contributed by atoms with Crippen LogP contribution in [0.2, 0.25) is 0 Å². The Labute approximate surface area is 153 Å². The number of nitrogens with one attached hydrogen (secondary N) is 1. The van der Waals surface area contributed by atoms with Crippen LogP contribution < -0.4 is 10.5 Å². The van der Waals surface area contributed by atoms with E-state index >= 15 is 0 Å². The van der Waals surface area contributed by atoms with Crippen LogP contribution in [0.3, 0.4) is 0 Å². The maximum absolute atomic E-state index is 12.3. The average molecular weight is 383 g/mol. The molecule has 1 heterocycles. The number of carbonyl (C=O) groups is 2. The van der Waals surface area contributed by atoms with Gasteiger partial charge in [-0.15, -0.1) is 0 Å². The Hall–Kier alpha value is -1.97. The van der Waals surface area contributed by atoms with Crippen molar-refractivity contribution in [1.82, 2.24) is 10.2 Å². The van der Waals surface area contributed by atoms with Crippen LogP contribution in [-0.2, 0) is 30.8 Å². The standard InChI is InChI=1S/C17H25N3O5S/c1-12(11-25-2)20-10-14(9-16(20)21)17(22)19-8-7-13-3-5-15(6-4-13)26(18,23)24/h3-6,12,14H,7-11H2,1-2H3,(H,19,22)(H2,18,23,24)/t12-,14+/m1/s1. The van der Waals surface area contributed by atoms with Gasteiger partial charge in [0, 0.05) is 26.6 Å². The van der Waals surface area contributed by atoms with Gasteiger partial charge in [0.15, 0.2) is 0 Å². The Morgan fingerprint density at radius 3 is 2.62 bits per heavy atom. The minimum absolute atomic E-state index is 0.0340. The van der Waals surface area contributed by atoms with Gasteiger partial charge in [0.1, 0.15) is 0 Å². The van der Waals surface area contributed by atoms with E-state index in [1.807, 2.05) is 6.92 Å². The predicted octanol–water partition coefficient (Wildman–Crippen LogP) is -0.124. The van der Waals surface area contributed by atoms with Crippen LogP contribution in [-0.4, -0.2) is 58.0 Å². The maximum Gasteiger partial charge on any atom is 0.238 e. The lowest BCUT2D eigenvalue weighted by Crippen LogP contribution is -2.39. The number of benzene rings is 1. The number of nitrogens with two attached hydrogens (primary N) is 1. The third-order valence-corrected chi connectivity index (χ3v) is 5.36. The molecule has 2 atom stereocenters. The largest absolute Gasteiger partial charge is 0.383 e. The quantitative estimate of drug-likeness (QED) is 0.648. The number of nitrogens with zero attached hydrogens (tertiary/aromatic N) is 1. The molecule has 3 N–H and O–H groups in total. The normalized spacial score (nSPS) is 18.8. The van der Waals surface area contributed by atoms with Gasteiger partial charge in [0.05, 0.1) is 23.5 Å². The third-order valence-electron chi connectivity index (χ3n) is 4.43. The molecule has 0 unspecified atom stereocenters. The van der Waals surface area contributed by atoms with Crippen molar-refractivity contribution in [3.8, 4) is 0 Å². The fourth-order valence-corrected chi connectivity index (χ4v) is 3.50. The van der Waals surface area contributed by atoms with Gasteiger partial charge in [0.25, 0.3) is 0 Å². The molecule has 8 nitrogen and oxygen atoms in total. The minimum Gasteiger partial charge on any atom is -0.383 e. The summed E-state index contributed by atoms with van der Waals surface area (Å²) in [6.07, 6.45) is 0.768. The summed E-state index contributed by atoms with van der Waals surface area (Å²) in [4.78, 5) is 26.1. The summed E-state index contributed by atoms with van der Waals surface area (Å²) in [7, 11) is -2.12. The summed E-state index contributed by atoms with van der Waals surface area (Å²) in [6, 6.07) is 6.16. The van der Waals surface area contributed by atoms with Gasteiger partial charge in [-0.2, -0.15) is 0 Å². The topological polar surface area (TPSA) is 119 Å². The third kappa shape index (κ3) is 5.26. The highest BCUT2D eigenvalue weighted by Crippen LogP contribution is 2.20. The van der Waals surface area contributed by atoms with Gasteiger partial charge < -0.3 is 15.0 Å². The zero-order chi connectivity index (χ0) is 19.3. The molecule has 1 aliphatic rings. The molecule has 1 aromatic carbocycles. The summed E-state index contributed by atoms with van der Waals surface area (Å²) in [5, 5.41) is 7.89. The van der Waals surface area contributed by atoms with Crippen LogP contribution in [0.4, 0.5) is 0 Å². The number of amides is 2. The Bertz CT molecular complexity index is 748. The molecule has 26 heavy (non-hydrogen) atoms. The number of rotatable bonds is 8. The van der Waals surface area contributed by atoms with E-state index in [1.54, 1.807) is 24.1 Å². The second-order valence-corrected chi connectivity index (χ2v) is 8.04. The summed E-state index contributed by atoms with van der Waals surface area (Å²) in [6.45, 7) is 3.14. The Kier molecular flexibility index (Phi) is 6.74. The molecule has 144 valence electrons. The molecule has 1 saturated heterocycles. The smallest absolute Gasteiger partial charge is 0.238 e. The molecule has 2 rings (SSSR count). The highest BCUT2D eigenvalue weighted by atomic mass is 32.2. The molecule has 0 bridgehead atoms. The number of likely N-dealkylation sites (tertiary alicyclic amines) is 1. The molecule has 1 fully saturated rings. The number of hydrogen-bond acceptors (Lipinski definition) is 5. The fourth-order valence-electron chi connectivity index (χ4n) is 2.98. The first kappa shape index (κ1) is 20.3. The van der Waals surface area contributed by atoms with Gasteiger partial charge in [-0.05, 0) is 31.0 Å². The molecule has 2 amide bonds. The van der Waals surface area contributed by atoms with Crippen LogP contribution in [0.15, 0.2) is 29.2 Å². The van der Waals surface area contributed by atoms with E-state index in [1.165, 1.54) is 12.1 Å². The van der Waals surface area contributed by atoms with E-state index in [-0.39, 0.29) is 35.1 Å². The predicted molar refractivity (Wildman–Crippen MR) is 95.7 cm³/mol. The van der Waals surface area contributed by atoms with Crippen LogP contribution in [0.5, 0.6) is 0 Å². The van der Waals surface area contributed by atoms with E-state index in [2.05, 4.69) is 5.32 Å². The Morgan fingerprint density at radius 1 is 1.38 bits per heavy atom. The lowest BCUT2D eigenvalue weighted by atomic mass is 10.1. The van der Waals surface area contributed by atoms with E-state index in [0.717, 1.165) is 5.56 Å². The highest BCUT2D eigenvalue weighted by molar-refractivity contribution is 7.89. The van der Waals surface area contributed by atoms with E-state index in [0.29, 0.717) is 26.1 Å². The van der Waals surface area contributed by atoms with Crippen molar-refractivity contribution in [2.24, 2.45) is 11.1 Å². The van der Waals surface area contributed by atoms with Gasteiger partial charge in [0.2, 0.25) is 21.8 Å². The second-order valence-electron chi connectivity index (χ2n) is 6.48. The SMILES string of the molecule is COC[C@@H](C)N1C[C@@H](C(=O)NCCc2ccc(S(N)(=O)=O)cc2)CC1=O. The van der Waals surface area contributed by atoms with Crippen molar-refractivity contribution in [2.45, 2.75) is 30.7 Å². The first-order valence-corrected chi connectivity index (χ1v) is 9.95. The maximum atomic E-state index is 12.3. The van der Waals surface area contributed by atoms with Gasteiger partial charge in [-0.3, -0.25) is 9.59 Å². The first-order valence-electron chi connectivity index (χ1n) is 8.40. The van der Waals surface area contributed by atoms with Crippen molar-refractivity contribution in [3.63, 3.8) is 0 Å². The summed E-state index contributed by atoms with van der Waals surface area (Å²) >= 11 is 0. The van der Waals surface area contributed by atoms with Crippen molar-refractivity contribution in [1.29, 1.82) is 0 Å². The number of ether oxygens (including phenoxy) is 1. The van der Waals surface area contributed by atoms with Crippen LogP contribution in [0.25, 0.3) is 0 Å². The van der Waals surface area contributed by atoms with Crippen LogP contribution >= 0.6 is 0 Å². The number of methoxy groups -OCH3 is 1.